The van der Waals surface area contributed by atoms with Crippen LogP contribution in [0.15, 0.2) is 24.3 Å². The molecule has 1 aromatic rings. The number of hydrogen-bond acceptors (Lipinski definition) is 4. The Kier molecular flexibility index (Phi) is 5.77. The minimum absolute atomic E-state index is 0.300. The molecule has 1 unspecified atom stereocenters. The van der Waals surface area contributed by atoms with Crippen molar-refractivity contribution >= 4 is 5.69 Å². The van der Waals surface area contributed by atoms with E-state index in [0.29, 0.717) is 36.3 Å². The topological polar surface area (TPSA) is 39.5 Å². The van der Waals surface area contributed by atoms with Crippen LogP contribution in [-0.2, 0) is 0 Å². The number of benzene rings is 1. The van der Waals surface area contributed by atoms with Crippen molar-refractivity contribution in [2.24, 2.45) is 17.3 Å². The molecule has 4 rings (SSSR count). The Labute approximate surface area is 158 Å². The highest BCUT2D eigenvalue weighted by Gasteiger charge is 2.45. The third-order valence-electron chi connectivity index (χ3n) is 5.98. The molecule has 3 aliphatic rings. The first kappa shape index (κ1) is 19.0. The molecule has 3 aliphatic heterocycles. The van der Waals surface area contributed by atoms with Gasteiger partial charge in [0.2, 0.25) is 0 Å². The predicted molar refractivity (Wildman–Crippen MR) is 106 cm³/mol. The molecule has 3 heterocycles. The lowest BCUT2D eigenvalue weighted by Crippen LogP contribution is -2.54. The molecule has 4 heteroatoms. The molecule has 0 amide bonds. The summed E-state index contributed by atoms with van der Waals surface area (Å²) in [5, 5.41) is 8.99. The maximum atomic E-state index is 8.99. The van der Waals surface area contributed by atoms with Gasteiger partial charge in [0.15, 0.2) is 0 Å². The molecule has 4 nitrogen and oxygen atoms in total. The Hall–Kier alpha value is -1.73. The Balaban J connectivity index is 1.79. The Morgan fingerprint density at radius 1 is 1.23 bits per heavy atom. The third-order valence-corrected chi connectivity index (χ3v) is 5.98. The molecule has 1 aromatic carbocycles. The zero-order chi connectivity index (χ0) is 18.7. The van der Waals surface area contributed by atoms with Crippen molar-refractivity contribution in [2.75, 3.05) is 37.7 Å². The zero-order valence-corrected chi connectivity index (χ0v) is 16.7. The monoisotopic (exact) mass is 355 g/mol. The molecule has 0 spiro atoms. The van der Waals surface area contributed by atoms with E-state index in [-0.39, 0.29) is 0 Å². The van der Waals surface area contributed by atoms with E-state index in [9.17, 15) is 0 Å². The molecular weight excluding hydrogens is 322 g/mol. The summed E-state index contributed by atoms with van der Waals surface area (Å²) in [4.78, 5) is 5.24. The van der Waals surface area contributed by atoms with Gasteiger partial charge in [-0.15, -0.1) is 0 Å². The lowest BCUT2D eigenvalue weighted by Gasteiger charge is -2.48. The van der Waals surface area contributed by atoms with E-state index >= 15 is 0 Å². The van der Waals surface area contributed by atoms with Gasteiger partial charge < -0.3 is 14.5 Å². The van der Waals surface area contributed by atoms with Crippen LogP contribution in [0.3, 0.4) is 0 Å². The van der Waals surface area contributed by atoms with E-state index < -0.39 is 0 Å². The fourth-order valence-electron chi connectivity index (χ4n) is 4.92. The SMILES string of the molecule is CCOc1ccc(N2C[C@H]3CN(CC(C)CC#N)C[C@@H]2C(C)(C)C3)cc1. The Morgan fingerprint density at radius 3 is 2.62 bits per heavy atom. The number of piperidine rings is 1. The number of anilines is 1. The first-order valence-corrected chi connectivity index (χ1v) is 10.0. The highest BCUT2D eigenvalue weighted by molar-refractivity contribution is 5.51. The van der Waals surface area contributed by atoms with E-state index in [4.69, 9.17) is 10.00 Å². The summed E-state index contributed by atoms with van der Waals surface area (Å²) in [6.45, 7) is 14.2. The largest absolute Gasteiger partial charge is 0.494 e. The number of rotatable bonds is 6. The van der Waals surface area contributed by atoms with Crippen molar-refractivity contribution in [1.82, 2.24) is 4.90 Å². The minimum Gasteiger partial charge on any atom is -0.494 e. The average Bonchev–Trinajstić information content (AvgIpc) is 2.82. The van der Waals surface area contributed by atoms with Crippen LogP contribution < -0.4 is 9.64 Å². The molecule has 0 aromatic heterocycles. The van der Waals surface area contributed by atoms with Crippen molar-refractivity contribution in [3.8, 4) is 11.8 Å². The maximum absolute atomic E-state index is 8.99. The highest BCUT2D eigenvalue weighted by atomic mass is 16.5. The summed E-state index contributed by atoms with van der Waals surface area (Å²) in [6.07, 6.45) is 1.94. The lowest BCUT2D eigenvalue weighted by atomic mass is 9.73. The molecule has 0 N–H and O–H groups in total. The van der Waals surface area contributed by atoms with Gasteiger partial charge in [0, 0.05) is 44.3 Å². The normalized spacial score (nSPS) is 26.2. The summed E-state index contributed by atoms with van der Waals surface area (Å²) in [6, 6.07) is 11.5. The van der Waals surface area contributed by atoms with Gasteiger partial charge in [-0.3, -0.25) is 0 Å². The molecule has 0 radical (unpaired) electrons. The van der Waals surface area contributed by atoms with E-state index in [2.05, 4.69) is 60.9 Å². The third kappa shape index (κ3) is 4.15. The standard InChI is InChI=1S/C22H33N3O/c1-5-26-20-8-6-19(7-9-20)25-15-18-12-22(3,4)21(25)16-24(14-18)13-17(2)10-11-23/h6-9,17-18,21H,5,10,12-16H2,1-4H3/t17?,18-,21-/m1/s1. The van der Waals surface area contributed by atoms with Gasteiger partial charge in [0.05, 0.1) is 12.7 Å². The van der Waals surface area contributed by atoms with Gasteiger partial charge in [-0.1, -0.05) is 20.8 Å². The van der Waals surface area contributed by atoms with Crippen molar-refractivity contribution in [3.63, 3.8) is 0 Å². The zero-order valence-electron chi connectivity index (χ0n) is 16.7. The second-order valence-corrected chi connectivity index (χ2v) is 8.84. The summed E-state index contributed by atoms with van der Waals surface area (Å²) in [7, 11) is 0. The molecule has 142 valence electrons. The molecule has 2 bridgehead atoms. The minimum atomic E-state index is 0.300. The van der Waals surface area contributed by atoms with Crippen LogP contribution in [-0.4, -0.2) is 43.7 Å². The summed E-state index contributed by atoms with van der Waals surface area (Å²) in [5.74, 6) is 2.08. The van der Waals surface area contributed by atoms with Crippen LogP contribution >= 0.6 is 0 Å². The average molecular weight is 356 g/mol. The van der Waals surface area contributed by atoms with Crippen molar-refractivity contribution in [1.29, 1.82) is 5.26 Å². The summed E-state index contributed by atoms with van der Waals surface area (Å²) in [5.41, 5.74) is 1.61. The van der Waals surface area contributed by atoms with Crippen LogP contribution in [0.2, 0.25) is 0 Å². The van der Waals surface area contributed by atoms with E-state index in [1.54, 1.807) is 0 Å². The number of fused-ring (bicyclic) bond motifs is 4. The van der Waals surface area contributed by atoms with Gasteiger partial charge in [-0.25, -0.2) is 0 Å². The fraction of sp³-hybridized carbons (Fsp3) is 0.682. The molecule has 3 saturated heterocycles. The van der Waals surface area contributed by atoms with Crippen LogP contribution in [0, 0.1) is 28.6 Å². The molecule has 0 aliphatic carbocycles. The fourth-order valence-corrected chi connectivity index (χ4v) is 4.92. The number of hydrogen-bond donors (Lipinski definition) is 0. The van der Waals surface area contributed by atoms with Gasteiger partial charge in [0.1, 0.15) is 5.75 Å². The van der Waals surface area contributed by atoms with Crippen molar-refractivity contribution < 1.29 is 4.74 Å². The second kappa shape index (κ2) is 7.88. The molecule has 26 heavy (non-hydrogen) atoms. The highest BCUT2D eigenvalue weighted by Crippen LogP contribution is 2.43. The van der Waals surface area contributed by atoms with Crippen LogP contribution in [0.25, 0.3) is 0 Å². The number of nitrogens with zero attached hydrogens (tertiary/aromatic N) is 3. The van der Waals surface area contributed by atoms with Crippen molar-refractivity contribution in [3.05, 3.63) is 24.3 Å². The molecule has 3 atom stereocenters. The van der Waals surface area contributed by atoms with Gasteiger partial charge in [-0.2, -0.15) is 5.26 Å². The van der Waals surface area contributed by atoms with Crippen LogP contribution in [0.4, 0.5) is 5.69 Å². The van der Waals surface area contributed by atoms with Crippen LogP contribution in [0.1, 0.15) is 40.5 Å². The Morgan fingerprint density at radius 2 is 1.96 bits per heavy atom. The van der Waals surface area contributed by atoms with E-state index in [1.807, 2.05) is 6.92 Å². The van der Waals surface area contributed by atoms with E-state index in [1.165, 1.54) is 12.1 Å². The second-order valence-electron chi connectivity index (χ2n) is 8.84. The quantitative estimate of drug-likeness (QED) is 0.768. The van der Waals surface area contributed by atoms with Gasteiger partial charge >= 0.3 is 0 Å². The molecular formula is C22H33N3O. The smallest absolute Gasteiger partial charge is 0.119 e. The molecule has 3 fully saturated rings. The lowest BCUT2D eigenvalue weighted by molar-refractivity contribution is 0.189. The van der Waals surface area contributed by atoms with Crippen LogP contribution in [0.5, 0.6) is 5.75 Å². The van der Waals surface area contributed by atoms with Gasteiger partial charge in [0.25, 0.3) is 0 Å². The number of nitriles is 1. The molecule has 0 saturated carbocycles. The maximum Gasteiger partial charge on any atom is 0.119 e. The first-order valence-electron chi connectivity index (χ1n) is 10.0. The summed E-state index contributed by atoms with van der Waals surface area (Å²) >= 11 is 0. The van der Waals surface area contributed by atoms with Gasteiger partial charge in [-0.05, 0) is 54.9 Å². The summed E-state index contributed by atoms with van der Waals surface area (Å²) < 4.78 is 5.61. The number of ether oxygens (including phenoxy) is 1. The predicted octanol–water partition coefficient (Wildman–Crippen LogP) is 4.17. The Bertz CT molecular complexity index is 634. The van der Waals surface area contributed by atoms with Crippen molar-refractivity contribution in [2.45, 2.75) is 46.6 Å². The van der Waals surface area contributed by atoms with E-state index in [0.717, 1.165) is 31.9 Å². The first-order chi connectivity index (χ1) is 12.4.